The number of likely N-dealkylation sites (N-methyl/N-ethyl adjacent to an activating group) is 1. The van der Waals surface area contributed by atoms with Gasteiger partial charge in [0.25, 0.3) is 0 Å². The Labute approximate surface area is 92.7 Å². The van der Waals surface area contributed by atoms with E-state index in [0.717, 1.165) is 10.6 Å². The van der Waals surface area contributed by atoms with Crippen molar-refractivity contribution in [1.29, 1.82) is 0 Å². The first-order chi connectivity index (χ1) is 7.68. The van der Waals surface area contributed by atoms with Gasteiger partial charge < -0.3 is 0 Å². The Kier molecular flexibility index (Phi) is 2.91. The zero-order chi connectivity index (χ0) is 11.5. The van der Waals surface area contributed by atoms with Gasteiger partial charge in [0.15, 0.2) is 0 Å². The third-order valence-electron chi connectivity index (χ3n) is 2.53. The van der Waals surface area contributed by atoms with Crippen molar-refractivity contribution in [3.8, 4) is 0 Å². The minimum absolute atomic E-state index is 0.151. The van der Waals surface area contributed by atoms with E-state index in [0.29, 0.717) is 6.54 Å². The average Bonchev–Trinajstić information content (AvgIpc) is 2.56. The molecule has 1 aromatic heterocycles. The summed E-state index contributed by atoms with van der Waals surface area (Å²) in [6, 6.07) is -0.431. The number of nitrogens with one attached hydrogen (secondary N) is 1. The number of carbonyl (C=O) groups is 2. The summed E-state index contributed by atoms with van der Waals surface area (Å²) in [5, 5.41) is 2.99. The molecule has 6 nitrogen and oxygen atoms in total. The highest BCUT2D eigenvalue weighted by Crippen LogP contribution is 2.10. The molecule has 0 spiro atoms. The lowest BCUT2D eigenvalue weighted by atomic mass is 10.2. The second-order valence-corrected chi connectivity index (χ2v) is 3.63. The molecular formula is C10H12N4O2. The van der Waals surface area contributed by atoms with Gasteiger partial charge in [-0.1, -0.05) is 0 Å². The number of carbonyl (C=O) groups excluding carboxylic acids is 2. The van der Waals surface area contributed by atoms with E-state index in [1.807, 2.05) is 0 Å². The molecule has 1 aromatic rings. The standard InChI is InChI=1S/C10H12N4O2/c1-14-9(15)4-8(10(14)16)13-6-7-5-11-2-3-12-7/h2-3,5,8,13H,4,6H2,1H3. The largest absolute Gasteiger partial charge is 0.300 e. The third kappa shape index (κ3) is 2.06. The summed E-state index contributed by atoms with van der Waals surface area (Å²) in [6.07, 6.45) is 5.01. The van der Waals surface area contributed by atoms with Crippen molar-refractivity contribution in [2.45, 2.75) is 19.0 Å². The second kappa shape index (κ2) is 4.36. The van der Waals surface area contributed by atoms with Gasteiger partial charge in [-0.05, 0) is 0 Å². The summed E-state index contributed by atoms with van der Waals surface area (Å²) >= 11 is 0. The zero-order valence-electron chi connectivity index (χ0n) is 8.88. The molecule has 1 N–H and O–H groups in total. The summed E-state index contributed by atoms with van der Waals surface area (Å²) in [7, 11) is 1.49. The van der Waals surface area contributed by atoms with Crippen LogP contribution in [0.15, 0.2) is 18.6 Å². The number of imide groups is 1. The molecule has 0 aliphatic carbocycles. The first-order valence-electron chi connectivity index (χ1n) is 4.97. The van der Waals surface area contributed by atoms with Crippen molar-refractivity contribution in [2.24, 2.45) is 0 Å². The molecule has 1 aliphatic heterocycles. The highest BCUT2D eigenvalue weighted by molar-refractivity contribution is 6.05. The highest BCUT2D eigenvalue weighted by Gasteiger charge is 2.35. The van der Waals surface area contributed by atoms with Gasteiger partial charge in [-0.2, -0.15) is 0 Å². The topological polar surface area (TPSA) is 75.2 Å². The molecule has 1 unspecified atom stereocenters. The minimum atomic E-state index is -0.431. The molecule has 0 bridgehead atoms. The fraction of sp³-hybridized carbons (Fsp3) is 0.400. The first-order valence-corrected chi connectivity index (χ1v) is 4.97. The van der Waals surface area contributed by atoms with E-state index >= 15 is 0 Å². The number of nitrogens with zero attached hydrogens (tertiary/aromatic N) is 3. The van der Waals surface area contributed by atoms with E-state index in [1.54, 1.807) is 18.6 Å². The lowest BCUT2D eigenvalue weighted by molar-refractivity contribution is -0.137. The summed E-state index contributed by atoms with van der Waals surface area (Å²) in [4.78, 5) is 31.9. The molecule has 2 heterocycles. The first kappa shape index (κ1) is 10.7. The Balaban J connectivity index is 1.92. The molecule has 1 fully saturated rings. The van der Waals surface area contributed by atoms with Crippen LogP contribution in [0.3, 0.4) is 0 Å². The van der Waals surface area contributed by atoms with Gasteiger partial charge in [-0.15, -0.1) is 0 Å². The number of rotatable bonds is 3. The van der Waals surface area contributed by atoms with Crippen LogP contribution in [0.2, 0.25) is 0 Å². The van der Waals surface area contributed by atoms with Gasteiger partial charge in [0.05, 0.1) is 18.2 Å². The van der Waals surface area contributed by atoms with E-state index in [9.17, 15) is 9.59 Å². The summed E-state index contributed by atoms with van der Waals surface area (Å²) in [5.74, 6) is -0.337. The van der Waals surface area contributed by atoms with Gasteiger partial charge in [0, 0.05) is 32.2 Å². The molecule has 2 amide bonds. The van der Waals surface area contributed by atoms with Crippen LogP contribution >= 0.6 is 0 Å². The van der Waals surface area contributed by atoms with Crippen LogP contribution in [0, 0.1) is 0 Å². The van der Waals surface area contributed by atoms with Crippen LogP contribution in [0.1, 0.15) is 12.1 Å². The zero-order valence-corrected chi connectivity index (χ0v) is 8.88. The quantitative estimate of drug-likeness (QED) is 0.683. The van der Waals surface area contributed by atoms with E-state index < -0.39 is 6.04 Å². The lowest BCUT2D eigenvalue weighted by Crippen LogP contribution is -2.36. The van der Waals surface area contributed by atoms with Gasteiger partial charge in [-0.25, -0.2) is 0 Å². The van der Waals surface area contributed by atoms with Crippen molar-refractivity contribution in [3.63, 3.8) is 0 Å². The van der Waals surface area contributed by atoms with Crippen LogP contribution in [0.4, 0.5) is 0 Å². The Morgan fingerprint density at radius 2 is 2.31 bits per heavy atom. The Morgan fingerprint density at radius 1 is 1.50 bits per heavy atom. The molecule has 1 saturated heterocycles. The predicted molar refractivity (Wildman–Crippen MR) is 55.1 cm³/mol. The van der Waals surface area contributed by atoms with Gasteiger partial charge >= 0.3 is 0 Å². The number of hydrogen-bond donors (Lipinski definition) is 1. The van der Waals surface area contributed by atoms with Crippen molar-refractivity contribution >= 4 is 11.8 Å². The second-order valence-electron chi connectivity index (χ2n) is 3.63. The summed E-state index contributed by atoms with van der Waals surface area (Å²) in [6.45, 7) is 0.436. The SMILES string of the molecule is CN1C(=O)CC(NCc2cnccn2)C1=O. The Hall–Kier alpha value is -1.82. The normalized spacial score (nSPS) is 20.6. The van der Waals surface area contributed by atoms with Crippen molar-refractivity contribution < 1.29 is 9.59 Å². The van der Waals surface area contributed by atoms with Crippen LogP contribution < -0.4 is 5.32 Å². The third-order valence-corrected chi connectivity index (χ3v) is 2.53. The maximum absolute atomic E-state index is 11.5. The van der Waals surface area contributed by atoms with Crippen LogP contribution in [0.25, 0.3) is 0 Å². The molecule has 1 atom stereocenters. The monoisotopic (exact) mass is 220 g/mol. The lowest BCUT2D eigenvalue weighted by Gasteiger charge is -2.10. The van der Waals surface area contributed by atoms with E-state index in [1.165, 1.54) is 7.05 Å². The van der Waals surface area contributed by atoms with E-state index in [-0.39, 0.29) is 18.2 Å². The summed E-state index contributed by atoms with van der Waals surface area (Å²) < 4.78 is 0. The number of amides is 2. The van der Waals surface area contributed by atoms with Crippen LogP contribution in [-0.2, 0) is 16.1 Å². The molecule has 0 aromatic carbocycles. The Morgan fingerprint density at radius 3 is 2.88 bits per heavy atom. The maximum Gasteiger partial charge on any atom is 0.246 e. The van der Waals surface area contributed by atoms with Crippen molar-refractivity contribution in [1.82, 2.24) is 20.2 Å². The minimum Gasteiger partial charge on any atom is -0.300 e. The van der Waals surface area contributed by atoms with Gasteiger partial charge in [-0.3, -0.25) is 29.8 Å². The van der Waals surface area contributed by atoms with Crippen LogP contribution in [0.5, 0.6) is 0 Å². The van der Waals surface area contributed by atoms with Gasteiger partial charge in [0.2, 0.25) is 11.8 Å². The molecule has 0 radical (unpaired) electrons. The summed E-state index contributed by atoms with van der Waals surface area (Å²) in [5.41, 5.74) is 0.748. The molecule has 0 saturated carbocycles. The predicted octanol–water partition coefficient (Wildman–Crippen LogP) is -0.677. The van der Waals surface area contributed by atoms with Gasteiger partial charge in [0.1, 0.15) is 0 Å². The maximum atomic E-state index is 11.5. The smallest absolute Gasteiger partial charge is 0.246 e. The van der Waals surface area contributed by atoms with E-state index in [4.69, 9.17) is 0 Å². The Bertz CT molecular complexity index is 407. The molecule has 2 rings (SSSR count). The van der Waals surface area contributed by atoms with Crippen LogP contribution in [-0.4, -0.2) is 39.8 Å². The molecule has 1 aliphatic rings. The number of likely N-dealkylation sites (tertiary alicyclic amines) is 1. The van der Waals surface area contributed by atoms with Crippen molar-refractivity contribution in [3.05, 3.63) is 24.3 Å². The fourth-order valence-corrected chi connectivity index (χ4v) is 1.56. The molecular weight excluding hydrogens is 208 g/mol. The van der Waals surface area contributed by atoms with Crippen molar-refractivity contribution in [2.75, 3.05) is 7.05 Å². The fourth-order valence-electron chi connectivity index (χ4n) is 1.56. The molecule has 84 valence electrons. The number of aromatic nitrogens is 2. The number of hydrogen-bond acceptors (Lipinski definition) is 5. The average molecular weight is 220 g/mol. The molecule has 6 heteroatoms. The van der Waals surface area contributed by atoms with E-state index in [2.05, 4.69) is 15.3 Å². The highest BCUT2D eigenvalue weighted by atomic mass is 16.2. The molecule has 16 heavy (non-hydrogen) atoms.